The fourth-order valence-corrected chi connectivity index (χ4v) is 5.40. The maximum atomic E-state index is 13.6. The van der Waals surface area contributed by atoms with E-state index in [1.165, 1.54) is 11.1 Å². The Morgan fingerprint density at radius 3 is 2.43 bits per heavy atom. The van der Waals surface area contributed by atoms with Crippen molar-refractivity contribution >= 4 is 11.6 Å². The maximum Gasteiger partial charge on any atom is 0.254 e. The smallest absolute Gasteiger partial charge is 0.254 e. The van der Waals surface area contributed by atoms with Gasteiger partial charge in [0.05, 0.1) is 24.4 Å². The minimum absolute atomic E-state index is 0.0842. The van der Waals surface area contributed by atoms with Gasteiger partial charge in [-0.05, 0) is 54.3 Å². The van der Waals surface area contributed by atoms with Gasteiger partial charge in [-0.15, -0.1) is 0 Å². The number of anilines is 1. The number of carbonyl (C=O) groups is 1. The van der Waals surface area contributed by atoms with Gasteiger partial charge >= 0.3 is 0 Å². The van der Waals surface area contributed by atoms with E-state index in [0.717, 1.165) is 60.7 Å². The van der Waals surface area contributed by atoms with Gasteiger partial charge < -0.3 is 14.5 Å². The molecule has 6 heteroatoms. The second-order valence-corrected chi connectivity index (χ2v) is 10.0. The number of rotatable bonds is 5. The van der Waals surface area contributed by atoms with Crippen molar-refractivity contribution in [2.75, 3.05) is 50.8 Å². The number of morpholine rings is 1. The van der Waals surface area contributed by atoms with E-state index in [2.05, 4.69) is 47.1 Å². The quantitative estimate of drug-likeness (QED) is 0.514. The molecule has 6 nitrogen and oxygen atoms in total. The van der Waals surface area contributed by atoms with Gasteiger partial charge in [-0.25, -0.2) is 0 Å². The molecule has 0 spiro atoms. The fraction of sp³-hybridized carbons (Fsp3) is 0.355. The summed E-state index contributed by atoms with van der Waals surface area (Å²) in [6, 6.07) is 24.5. The molecule has 3 aromatic carbocycles. The van der Waals surface area contributed by atoms with Crippen LogP contribution in [0.2, 0.25) is 0 Å². The Kier molecular flexibility index (Phi) is 7.55. The maximum absolute atomic E-state index is 13.6. The molecule has 0 bridgehead atoms. The van der Waals surface area contributed by atoms with Gasteiger partial charge in [0.25, 0.3) is 5.91 Å². The number of nitrogens with zero attached hydrogens (tertiary/aromatic N) is 4. The van der Waals surface area contributed by atoms with Crippen LogP contribution < -0.4 is 4.90 Å². The van der Waals surface area contributed by atoms with Gasteiger partial charge in [-0.1, -0.05) is 48.5 Å². The molecule has 5 rings (SSSR count). The molecule has 0 saturated carbocycles. The lowest BCUT2D eigenvalue weighted by molar-refractivity contribution is -0.0228. The zero-order chi connectivity index (χ0) is 25.8. The average molecular weight is 495 g/mol. The predicted molar refractivity (Wildman–Crippen MR) is 146 cm³/mol. The van der Waals surface area contributed by atoms with Crippen LogP contribution in [-0.2, 0) is 11.3 Å². The number of benzene rings is 3. The molecule has 1 atom stereocenters. The Morgan fingerprint density at radius 2 is 1.68 bits per heavy atom. The van der Waals surface area contributed by atoms with Crippen molar-refractivity contribution in [2.24, 2.45) is 0 Å². The lowest BCUT2D eigenvalue weighted by Gasteiger charge is -2.37. The number of ether oxygens (including phenoxy) is 1. The summed E-state index contributed by atoms with van der Waals surface area (Å²) in [4.78, 5) is 20.3. The number of amides is 1. The molecular weight excluding hydrogens is 460 g/mol. The van der Waals surface area contributed by atoms with Crippen molar-refractivity contribution in [1.82, 2.24) is 9.80 Å². The molecule has 1 unspecified atom stereocenters. The first-order chi connectivity index (χ1) is 18.0. The third kappa shape index (κ3) is 5.53. The monoisotopic (exact) mass is 494 g/mol. The van der Waals surface area contributed by atoms with Gasteiger partial charge in [0, 0.05) is 44.8 Å². The van der Waals surface area contributed by atoms with Crippen molar-refractivity contribution in [3.8, 4) is 6.07 Å². The van der Waals surface area contributed by atoms with E-state index in [1.54, 1.807) is 0 Å². The summed E-state index contributed by atoms with van der Waals surface area (Å²) < 4.78 is 5.99. The molecule has 1 amide bonds. The predicted octanol–water partition coefficient (Wildman–Crippen LogP) is 4.71. The zero-order valence-electron chi connectivity index (χ0n) is 21.7. The largest absolute Gasteiger partial charge is 0.370 e. The Labute approximate surface area is 219 Å². The van der Waals surface area contributed by atoms with Crippen LogP contribution in [0.25, 0.3) is 0 Å². The van der Waals surface area contributed by atoms with E-state index < -0.39 is 0 Å². The van der Waals surface area contributed by atoms with Gasteiger partial charge in [0.1, 0.15) is 12.2 Å². The first kappa shape index (κ1) is 25.0. The van der Waals surface area contributed by atoms with E-state index in [0.29, 0.717) is 19.7 Å². The molecule has 190 valence electrons. The third-order valence-corrected chi connectivity index (χ3v) is 7.57. The Balaban J connectivity index is 1.26. The first-order valence-corrected chi connectivity index (χ1v) is 13.1. The molecule has 0 aromatic heterocycles. The highest BCUT2D eigenvalue weighted by Gasteiger charge is 2.28. The lowest BCUT2D eigenvalue weighted by atomic mass is 9.98. The van der Waals surface area contributed by atoms with Crippen molar-refractivity contribution < 1.29 is 9.53 Å². The molecule has 2 fully saturated rings. The number of para-hydroxylation sites is 1. The van der Waals surface area contributed by atoms with E-state index >= 15 is 0 Å². The summed E-state index contributed by atoms with van der Waals surface area (Å²) >= 11 is 0. The topological polar surface area (TPSA) is 59.8 Å². The van der Waals surface area contributed by atoms with E-state index in [1.807, 2.05) is 54.3 Å². The number of hydrogen-bond acceptors (Lipinski definition) is 5. The van der Waals surface area contributed by atoms with E-state index in [-0.39, 0.29) is 12.0 Å². The molecule has 37 heavy (non-hydrogen) atoms. The van der Waals surface area contributed by atoms with Crippen LogP contribution in [0.3, 0.4) is 0 Å². The molecule has 2 aliphatic heterocycles. The van der Waals surface area contributed by atoms with E-state index in [9.17, 15) is 10.1 Å². The standard InChI is InChI=1S/C31H34N4O2/c1-23-18-24(2)28(31(36)35-16-17-37-30(22-35)25-8-4-3-5-9-25)19-27(23)21-33-12-14-34(15-13-33)29-11-7-6-10-26(29)20-32/h3-11,18-19,30H,12-17,21-22H2,1-2H3. The van der Waals surface area contributed by atoms with Crippen LogP contribution in [0.5, 0.6) is 0 Å². The fourth-order valence-electron chi connectivity index (χ4n) is 5.40. The van der Waals surface area contributed by atoms with Gasteiger partial charge in [-0.3, -0.25) is 9.69 Å². The summed E-state index contributed by atoms with van der Waals surface area (Å²) in [5, 5.41) is 9.46. The van der Waals surface area contributed by atoms with Gasteiger partial charge in [-0.2, -0.15) is 5.26 Å². The molecule has 2 aliphatic rings. The Hall–Kier alpha value is -3.66. The molecule has 2 saturated heterocycles. The average Bonchev–Trinajstić information content (AvgIpc) is 2.95. The van der Waals surface area contributed by atoms with Crippen molar-refractivity contribution in [3.05, 3.63) is 100 Å². The normalized spacial score (nSPS) is 18.5. The first-order valence-electron chi connectivity index (χ1n) is 13.1. The number of carbonyl (C=O) groups excluding carboxylic acids is 1. The molecule has 0 N–H and O–H groups in total. The highest BCUT2D eigenvalue weighted by atomic mass is 16.5. The summed E-state index contributed by atoms with van der Waals surface area (Å²) in [6.07, 6.45) is -0.0911. The SMILES string of the molecule is Cc1cc(C)c(C(=O)N2CCOC(c3ccccc3)C2)cc1CN1CCN(c2ccccc2C#N)CC1. The number of piperazine rings is 1. The lowest BCUT2D eigenvalue weighted by Crippen LogP contribution is -2.46. The second-order valence-electron chi connectivity index (χ2n) is 10.0. The zero-order valence-corrected chi connectivity index (χ0v) is 21.7. The van der Waals surface area contributed by atoms with Crippen LogP contribution in [0, 0.1) is 25.2 Å². The van der Waals surface area contributed by atoms with Crippen molar-refractivity contribution in [1.29, 1.82) is 5.26 Å². The summed E-state index contributed by atoms with van der Waals surface area (Å²) in [7, 11) is 0. The molecular formula is C31H34N4O2. The molecule has 0 aliphatic carbocycles. The third-order valence-electron chi connectivity index (χ3n) is 7.57. The highest BCUT2D eigenvalue weighted by molar-refractivity contribution is 5.96. The minimum Gasteiger partial charge on any atom is -0.370 e. The molecule has 3 aromatic rings. The van der Waals surface area contributed by atoms with Crippen LogP contribution in [-0.4, -0.2) is 61.6 Å². The van der Waals surface area contributed by atoms with Crippen molar-refractivity contribution in [3.63, 3.8) is 0 Å². The van der Waals surface area contributed by atoms with Crippen LogP contribution in [0.1, 0.15) is 44.3 Å². The number of aryl methyl sites for hydroxylation is 2. The van der Waals surface area contributed by atoms with Crippen LogP contribution in [0.4, 0.5) is 5.69 Å². The number of hydrogen-bond donors (Lipinski definition) is 0. The Bertz CT molecular complexity index is 1290. The second kappa shape index (κ2) is 11.2. The van der Waals surface area contributed by atoms with Crippen LogP contribution >= 0.6 is 0 Å². The molecule has 2 heterocycles. The minimum atomic E-state index is -0.0911. The Morgan fingerprint density at radius 1 is 0.946 bits per heavy atom. The highest BCUT2D eigenvalue weighted by Crippen LogP contribution is 2.26. The van der Waals surface area contributed by atoms with Crippen molar-refractivity contribution in [2.45, 2.75) is 26.5 Å². The van der Waals surface area contributed by atoms with Crippen LogP contribution in [0.15, 0.2) is 66.7 Å². The van der Waals surface area contributed by atoms with E-state index in [4.69, 9.17) is 4.74 Å². The van der Waals surface area contributed by atoms with Gasteiger partial charge in [0.15, 0.2) is 0 Å². The summed E-state index contributed by atoms with van der Waals surface area (Å²) in [5.41, 5.74) is 7.08. The summed E-state index contributed by atoms with van der Waals surface area (Å²) in [6.45, 7) is 10.3. The molecule has 0 radical (unpaired) electrons. The summed E-state index contributed by atoms with van der Waals surface area (Å²) in [5.74, 6) is 0.0842. The number of nitriles is 1. The van der Waals surface area contributed by atoms with Gasteiger partial charge in [0.2, 0.25) is 0 Å².